The third-order valence-electron chi connectivity index (χ3n) is 5.16. The Balaban J connectivity index is 1.60. The number of hydrogen-bond donors (Lipinski definition) is 1. The lowest BCUT2D eigenvalue weighted by Gasteiger charge is -2.21. The van der Waals surface area contributed by atoms with Crippen LogP contribution in [0.25, 0.3) is 0 Å². The molecule has 0 unspecified atom stereocenters. The second-order valence-electron chi connectivity index (χ2n) is 7.28. The molecule has 4 amide bonds. The highest BCUT2D eigenvalue weighted by atomic mass is 16.5. The lowest BCUT2D eigenvalue weighted by atomic mass is 10.1. The molecule has 2 heterocycles. The largest absolute Gasteiger partial charge is 0.497 e. The Kier molecular flexibility index (Phi) is 6.12. The minimum absolute atomic E-state index is 0.160. The van der Waals surface area contributed by atoms with Crippen molar-refractivity contribution < 1.29 is 19.1 Å². The van der Waals surface area contributed by atoms with Crippen molar-refractivity contribution in [3.63, 3.8) is 0 Å². The van der Waals surface area contributed by atoms with Crippen LogP contribution >= 0.6 is 0 Å². The van der Waals surface area contributed by atoms with Gasteiger partial charge in [-0.25, -0.2) is 9.69 Å². The second-order valence-corrected chi connectivity index (χ2v) is 7.28. The molecule has 0 saturated carbocycles. The van der Waals surface area contributed by atoms with Crippen LogP contribution in [0, 0.1) is 0 Å². The first-order chi connectivity index (χ1) is 15.6. The summed E-state index contributed by atoms with van der Waals surface area (Å²) in [6.07, 6.45) is 3.11. The number of nitrogens with one attached hydrogen (secondary N) is 1. The van der Waals surface area contributed by atoms with E-state index in [0.717, 1.165) is 10.5 Å². The number of amides is 4. The van der Waals surface area contributed by atoms with Crippen LogP contribution in [-0.2, 0) is 16.1 Å². The van der Waals surface area contributed by atoms with E-state index < -0.39 is 18.0 Å². The molecule has 1 fully saturated rings. The molecule has 8 nitrogen and oxygen atoms in total. The first kappa shape index (κ1) is 21.0. The average molecular weight is 430 g/mol. The Hall–Kier alpha value is -4.20. The van der Waals surface area contributed by atoms with Crippen molar-refractivity contribution in [2.24, 2.45) is 0 Å². The van der Waals surface area contributed by atoms with Crippen molar-refractivity contribution in [1.29, 1.82) is 0 Å². The molecule has 0 bridgehead atoms. The van der Waals surface area contributed by atoms with Gasteiger partial charge in [0, 0.05) is 24.6 Å². The molecule has 1 saturated heterocycles. The van der Waals surface area contributed by atoms with Gasteiger partial charge < -0.3 is 15.0 Å². The fourth-order valence-electron chi connectivity index (χ4n) is 3.58. The molecule has 2 aromatic carbocycles. The minimum Gasteiger partial charge on any atom is -0.497 e. The highest BCUT2D eigenvalue weighted by Crippen LogP contribution is 2.29. The molecule has 1 aliphatic rings. The normalized spacial score (nSPS) is 15.7. The van der Waals surface area contributed by atoms with Crippen molar-refractivity contribution in [3.8, 4) is 5.75 Å². The van der Waals surface area contributed by atoms with E-state index in [1.54, 1.807) is 67.0 Å². The van der Waals surface area contributed by atoms with E-state index in [0.29, 0.717) is 17.1 Å². The van der Waals surface area contributed by atoms with Crippen molar-refractivity contribution in [2.45, 2.75) is 19.0 Å². The number of benzene rings is 2. The van der Waals surface area contributed by atoms with Gasteiger partial charge in [-0.05, 0) is 48.0 Å². The van der Waals surface area contributed by atoms with Crippen molar-refractivity contribution in [1.82, 2.24) is 9.88 Å². The van der Waals surface area contributed by atoms with Crippen LogP contribution in [0.1, 0.15) is 12.0 Å². The van der Waals surface area contributed by atoms with Crippen LogP contribution < -0.4 is 15.0 Å². The Morgan fingerprint density at radius 1 is 1.03 bits per heavy atom. The van der Waals surface area contributed by atoms with Crippen molar-refractivity contribution in [2.75, 3.05) is 17.3 Å². The number of para-hydroxylation sites is 1. The summed E-state index contributed by atoms with van der Waals surface area (Å²) in [5, 5.41) is 2.78. The number of ether oxygens (including phenoxy) is 1. The van der Waals surface area contributed by atoms with E-state index >= 15 is 0 Å². The smallest absolute Gasteiger partial charge is 0.332 e. The second kappa shape index (κ2) is 9.30. The van der Waals surface area contributed by atoms with Crippen molar-refractivity contribution in [3.05, 3.63) is 84.7 Å². The average Bonchev–Trinajstić information content (AvgIpc) is 3.04. The van der Waals surface area contributed by atoms with Gasteiger partial charge >= 0.3 is 6.03 Å². The first-order valence-electron chi connectivity index (χ1n) is 10.1. The zero-order valence-electron chi connectivity index (χ0n) is 17.5. The maximum atomic E-state index is 13.3. The zero-order chi connectivity index (χ0) is 22.5. The molecule has 32 heavy (non-hydrogen) atoms. The maximum Gasteiger partial charge on any atom is 0.332 e. The number of imide groups is 1. The molecule has 0 spiro atoms. The molecule has 0 aliphatic carbocycles. The Morgan fingerprint density at radius 2 is 1.78 bits per heavy atom. The molecule has 1 aromatic heterocycles. The molecule has 1 aliphatic heterocycles. The number of urea groups is 1. The number of carbonyl (C=O) groups is 3. The molecule has 1 N–H and O–H groups in total. The van der Waals surface area contributed by atoms with Gasteiger partial charge in [0.1, 0.15) is 11.8 Å². The number of pyridine rings is 1. The summed E-state index contributed by atoms with van der Waals surface area (Å²) in [6, 6.07) is 17.8. The lowest BCUT2D eigenvalue weighted by Crippen LogP contribution is -2.37. The summed E-state index contributed by atoms with van der Waals surface area (Å²) in [5.41, 5.74) is 1.81. The summed E-state index contributed by atoms with van der Waals surface area (Å²) < 4.78 is 5.16. The topological polar surface area (TPSA) is 91.8 Å². The molecule has 162 valence electrons. The molecule has 1 atom stereocenters. The molecule has 4 rings (SSSR count). The van der Waals surface area contributed by atoms with Crippen LogP contribution in [0.2, 0.25) is 0 Å². The first-order valence-corrected chi connectivity index (χ1v) is 10.1. The summed E-state index contributed by atoms with van der Waals surface area (Å²) in [7, 11) is 1.54. The number of rotatable bonds is 7. The van der Waals surface area contributed by atoms with E-state index in [9.17, 15) is 14.4 Å². The predicted octanol–water partition coefficient (Wildman–Crippen LogP) is 3.46. The van der Waals surface area contributed by atoms with Gasteiger partial charge in [-0.15, -0.1) is 0 Å². The van der Waals surface area contributed by atoms with E-state index in [-0.39, 0.29) is 18.9 Å². The highest BCUT2D eigenvalue weighted by Gasteiger charge is 2.46. The fraction of sp³-hybridized carbons (Fsp3) is 0.167. The SMILES string of the molecule is COc1ccc(N2C(=O)[C@H](CC(=O)Nc3ccccc3)N(Cc3cccnc3)C2=O)cc1. The summed E-state index contributed by atoms with van der Waals surface area (Å²) >= 11 is 0. The third kappa shape index (κ3) is 4.44. The molecule has 8 heteroatoms. The van der Waals surface area contributed by atoms with Crippen LogP contribution in [0.5, 0.6) is 5.75 Å². The number of carbonyl (C=O) groups excluding carboxylic acids is 3. The Bertz CT molecular complexity index is 1100. The van der Waals surface area contributed by atoms with Gasteiger partial charge in [-0.2, -0.15) is 0 Å². The lowest BCUT2D eigenvalue weighted by molar-refractivity contribution is -0.124. The van der Waals surface area contributed by atoms with Crippen LogP contribution in [0.4, 0.5) is 16.2 Å². The van der Waals surface area contributed by atoms with Crippen LogP contribution in [0.15, 0.2) is 79.1 Å². The van der Waals surface area contributed by atoms with Crippen molar-refractivity contribution >= 4 is 29.2 Å². The molecular weight excluding hydrogens is 408 g/mol. The standard InChI is InChI=1S/C24H22N4O4/c1-32-20-11-9-19(10-12-20)28-23(30)21(14-22(29)26-18-7-3-2-4-8-18)27(24(28)31)16-17-6-5-13-25-15-17/h2-13,15,21H,14,16H2,1H3,(H,26,29)/t21-/m0/s1. The fourth-order valence-corrected chi connectivity index (χ4v) is 3.58. The van der Waals surface area contributed by atoms with Crippen LogP contribution in [-0.4, -0.2) is 40.9 Å². The minimum atomic E-state index is -0.937. The number of anilines is 2. The summed E-state index contributed by atoms with van der Waals surface area (Å²) in [5.74, 6) is -0.193. The van der Waals surface area contributed by atoms with Gasteiger partial charge in [0.25, 0.3) is 5.91 Å². The number of methoxy groups -OCH3 is 1. The zero-order valence-corrected chi connectivity index (χ0v) is 17.5. The van der Waals surface area contributed by atoms with Gasteiger partial charge in [-0.3, -0.25) is 14.6 Å². The monoisotopic (exact) mass is 430 g/mol. The third-order valence-corrected chi connectivity index (χ3v) is 5.16. The summed E-state index contributed by atoms with van der Waals surface area (Å²) in [4.78, 5) is 45.9. The number of aromatic nitrogens is 1. The van der Waals surface area contributed by atoms with Gasteiger partial charge in [-0.1, -0.05) is 24.3 Å². The Morgan fingerprint density at radius 3 is 2.44 bits per heavy atom. The van der Waals surface area contributed by atoms with E-state index in [1.165, 1.54) is 12.0 Å². The van der Waals surface area contributed by atoms with E-state index in [4.69, 9.17) is 4.74 Å². The molecule has 3 aromatic rings. The van der Waals surface area contributed by atoms with Gasteiger partial charge in [0.05, 0.1) is 19.2 Å². The number of hydrogen-bond acceptors (Lipinski definition) is 5. The maximum absolute atomic E-state index is 13.3. The molecular formula is C24H22N4O4. The van der Waals surface area contributed by atoms with Gasteiger partial charge in [0.15, 0.2) is 0 Å². The highest BCUT2D eigenvalue weighted by molar-refractivity contribution is 6.22. The predicted molar refractivity (Wildman–Crippen MR) is 119 cm³/mol. The van der Waals surface area contributed by atoms with Gasteiger partial charge in [0.2, 0.25) is 5.91 Å². The van der Waals surface area contributed by atoms with Crippen LogP contribution in [0.3, 0.4) is 0 Å². The quantitative estimate of drug-likeness (QED) is 0.580. The van der Waals surface area contributed by atoms with E-state index in [2.05, 4.69) is 10.3 Å². The molecule has 0 radical (unpaired) electrons. The summed E-state index contributed by atoms with van der Waals surface area (Å²) in [6.45, 7) is 0.161. The van der Waals surface area contributed by atoms with E-state index in [1.807, 2.05) is 12.1 Å². The Labute approximate surface area is 185 Å². The number of nitrogens with zero attached hydrogens (tertiary/aromatic N) is 3.